The van der Waals surface area contributed by atoms with Crippen molar-refractivity contribution in [2.24, 2.45) is 0 Å². The van der Waals surface area contributed by atoms with Gasteiger partial charge in [-0.1, -0.05) is 92.1 Å². The molecule has 0 aromatic heterocycles. The van der Waals surface area contributed by atoms with Gasteiger partial charge in [-0.25, -0.2) is 8.42 Å². The van der Waals surface area contributed by atoms with Crippen LogP contribution in [0.1, 0.15) is 54.4 Å². The number of benzene rings is 3. The van der Waals surface area contributed by atoms with E-state index in [0.29, 0.717) is 12.1 Å². The molecule has 1 atom stereocenters. The van der Waals surface area contributed by atoms with E-state index in [-0.39, 0.29) is 18.5 Å². The number of nitrogens with one attached hydrogen (secondary N) is 1. The summed E-state index contributed by atoms with van der Waals surface area (Å²) in [5.41, 5.74) is 3.89. The Bertz CT molecular complexity index is 1420. The molecule has 0 radical (unpaired) electrons. The van der Waals surface area contributed by atoms with E-state index in [0.717, 1.165) is 64.9 Å². The summed E-state index contributed by atoms with van der Waals surface area (Å²) in [5.74, 6) is -0.636. The van der Waals surface area contributed by atoms with Crippen LogP contribution in [0, 0.1) is 13.8 Å². The van der Waals surface area contributed by atoms with Gasteiger partial charge in [0.2, 0.25) is 21.8 Å². The zero-order valence-electron chi connectivity index (χ0n) is 24.3. The van der Waals surface area contributed by atoms with Crippen molar-refractivity contribution in [3.63, 3.8) is 0 Å². The third kappa shape index (κ3) is 8.43. The van der Waals surface area contributed by atoms with Crippen molar-refractivity contribution in [3.05, 3.63) is 101 Å². The molecule has 4 rings (SSSR count). The smallest absolute Gasteiger partial charge is 0.244 e. The van der Waals surface area contributed by atoms with Crippen LogP contribution < -0.4 is 9.62 Å². The lowest BCUT2D eigenvalue weighted by molar-refractivity contribution is -0.140. The lowest BCUT2D eigenvalue weighted by Gasteiger charge is -2.35. The van der Waals surface area contributed by atoms with Crippen molar-refractivity contribution in [3.8, 4) is 0 Å². The van der Waals surface area contributed by atoms with Gasteiger partial charge in [0.25, 0.3) is 0 Å². The monoisotopic (exact) mass is 575 g/mol. The Morgan fingerprint density at radius 1 is 0.878 bits per heavy atom. The Morgan fingerprint density at radius 3 is 2.10 bits per heavy atom. The molecule has 3 aromatic carbocycles. The molecule has 218 valence electrons. The minimum Gasteiger partial charge on any atom is -0.352 e. The summed E-state index contributed by atoms with van der Waals surface area (Å²) in [4.78, 5) is 29.8. The van der Waals surface area contributed by atoms with E-state index in [4.69, 9.17) is 0 Å². The van der Waals surface area contributed by atoms with E-state index in [9.17, 15) is 18.0 Å². The van der Waals surface area contributed by atoms with Crippen LogP contribution in [0.5, 0.6) is 0 Å². The molecule has 2 amide bonds. The molecule has 1 N–H and O–H groups in total. The number of amides is 2. The summed E-state index contributed by atoms with van der Waals surface area (Å²) in [7, 11) is -3.80. The lowest BCUT2D eigenvalue weighted by atomic mass is 9.94. The molecule has 1 aliphatic carbocycles. The number of anilines is 1. The Hall–Kier alpha value is -3.65. The summed E-state index contributed by atoms with van der Waals surface area (Å²) >= 11 is 0. The number of nitrogens with zero attached hydrogens (tertiary/aromatic N) is 2. The summed E-state index contributed by atoms with van der Waals surface area (Å²) in [6.45, 7) is 3.49. The fourth-order valence-corrected chi connectivity index (χ4v) is 6.36. The van der Waals surface area contributed by atoms with Crippen molar-refractivity contribution in [1.82, 2.24) is 10.2 Å². The predicted molar refractivity (Wildman–Crippen MR) is 164 cm³/mol. The third-order valence-electron chi connectivity index (χ3n) is 7.73. The maximum atomic E-state index is 14.2. The minimum absolute atomic E-state index is 0.0747. The van der Waals surface area contributed by atoms with Gasteiger partial charge < -0.3 is 10.2 Å². The van der Waals surface area contributed by atoms with Gasteiger partial charge >= 0.3 is 0 Å². The maximum absolute atomic E-state index is 14.2. The second kappa shape index (κ2) is 13.8. The summed E-state index contributed by atoms with van der Waals surface area (Å²) in [6, 6.07) is 24.0. The summed E-state index contributed by atoms with van der Waals surface area (Å²) < 4.78 is 27.3. The predicted octanol–water partition coefficient (Wildman–Crippen LogP) is 5.16. The molecular weight excluding hydrogens is 534 g/mol. The van der Waals surface area contributed by atoms with Gasteiger partial charge in [0.15, 0.2) is 0 Å². The van der Waals surface area contributed by atoms with Crippen LogP contribution in [0.2, 0.25) is 0 Å². The topological polar surface area (TPSA) is 86.8 Å². The van der Waals surface area contributed by atoms with E-state index >= 15 is 0 Å². The Labute approximate surface area is 244 Å². The largest absolute Gasteiger partial charge is 0.352 e. The van der Waals surface area contributed by atoms with Crippen LogP contribution >= 0.6 is 0 Å². The Balaban J connectivity index is 1.72. The van der Waals surface area contributed by atoms with E-state index in [1.807, 2.05) is 86.6 Å². The number of hydrogen-bond donors (Lipinski definition) is 1. The van der Waals surface area contributed by atoms with Gasteiger partial charge in [-0.05, 0) is 55.0 Å². The van der Waals surface area contributed by atoms with E-state index < -0.39 is 28.5 Å². The highest BCUT2D eigenvalue weighted by atomic mass is 32.2. The molecule has 1 aliphatic rings. The second-order valence-electron chi connectivity index (χ2n) is 11.1. The van der Waals surface area contributed by atoms with Gasteiger partial charge in [0.1, 0.15) is 12.6 Å². The highest BCUT2D eigenvalue weighted by Gasteiger charge is 2.34. The molecule has 0 aliphatic heterocycles. The molecule has 7 nitrogen and oxygen atoms in total. The number of aryl methyl sites for hydroxylation is 2. The molecule has 1 unspecified atom stereocenters. The first-order chi connectivity index (χ1) is 19.6. The maximum Gasteiger partial charge on any atom is 0.244 e. The molecule has 0 spiro atoms. The highest BCUT2D eigenvalue weighted by molar-refractivity contribution is 7.92. The van der Waals surface area contributed by atoms with Gasteiger partial charge in [0, 0.05) is 19.0 Å². The summed E-state index contributed by atoms with van der Waals surface area (Å²) in [5, 5.41) is 3.23. The molecule has 1 fully saturated rings. The van der Waals surface area contributed by atoms with E-state index in [1.54, 1.807) is 11.0 Å². The average molecular weight is 576 g/mol. The fourth-order valence-electron chi connectivity index (χ4n) is 5.46. The van der Waals surface area contributed by atoms with Crippen molar-refractivity contribution in [2.75, 3.05) is 17.1 Å². The van der Waals surface area contributed by atoms with Crippen LogP contribution in [0.25, 0.3) is 0 Å². The van der Waals surface area contributed by atoms with Crippen molar-refractivity contribution < 1.29 is 18.0 Å². The zero-order valence-corrected chi connectivity index (χ0v) is 25.1. The number of carbonyl (C=O) groups excluding carboxylic acids is 2. The number of sulfonamides is 1. The van der Waals surface area contributed by atoms with Crippen molar-refractivity contribution >= 4 is 27.5 Å². The molecule has 1 saturated carbocycles. The first kappa shape index (κ1) is 30.3. The van der Waals surface area contributed by atoms with Gasteiger partial charge in [-0.3, -0.25) is 13.9 Å². The Morgan fingerprint density at radius 2 is 1.49 bits per heavy atom. The van der Waals surface area contributed by atoms with Crippen LogP contribution in [0.4, 0.5) is 5.69 Å². The Kier molecular flexibility index (Phi) is 10.2. The van der Waals surface area contributed by atoms with Gasteiger partial charge in [-0.15, -0.1) is 0 Å². The molecule has 8 heteroatoms. The number of hydrogen-bond acceptors (Lipinski definition) is 4. The first-order valence-corrected chi connectivity index (χ1v) is 16.2. The van der Waals surface area contributed by atoms with Crippen molar-refractivity contribution in [2.45, 2.75) is 71.0 Å². The van der Waals surface area contributed by atoms with Crippen molar-refractivity contribution in [1.29, 1.82) is 0 Å². The zero-order chi connectivity index (χ0) is 29.4. The molecule has 0 saturated heterocycles. The first-order valence-electron chi connectivity index (χ1n) is 14.3. The molecular formula is C33H41N3O4S. The SMILES string of the molecule is Cc1ccc(C)c(N(CC(=O)N(Cc2ccccc2)C(Cc2ccccc2)C(=O)NC2CCCCC2)S(C)(=O)=O)c1. The van der Waals surface area contributed by atoms with Crippen LogP contribution in [-0.2, 0) is 32.6 Å². The standard InChI is InChI=1S/C33H41N3O4S/c1-25-19-20-26(2)30(21-25)36(41(3,39)40)24-32(37)35(23-28-15-9-5-10-16-28)31(22-27-13-7-4-8-14-27)33(38)34-29-17-11-6-12-18-29/h4-5,7-10,13-16,19-21,29,31H,6,11-12,17-18,22-24H2,1-3H3,(H,34,38). The number of carbonyl (C=O) groups is 2. The third-order valence-corrected chi connectivity index (χ3v) is 8.86. The normalized spacial score (nSPS) is 14.7. The fraction of sp³-hybridized carbons (Fsp3) is 0.394. The summed E-state index contributed by atoms with van der Waals surface area (Å²) in [6.07, 6.45) is 6.58. The average Bonchev–Trinajstić information content (AvgIpc) is 2.96. The second-order valence-corrected chi connectivity index (χ2v) is 13.0. The van der Waals surface area contributed by atoms with Crippen LogP contribution in [-0.4, -0.2) is 50.0 Å². The van der Waals surface area contributed by atoms with E-state index in [2.05, 4.69) is 5.32 Å². The molecule has 41 heavy (non-hydrogen) atoms. The quantitative estimate of drug-likeness (QED) is 0.342. The van der Waals surface area contributed by atoms with Crippen LogP contribution in [0.15, 0.2) is 78.9 Å². The minimum atomic E-state index is -3.80. The molecule has 0 heterocycles. The van der Waals surface area contributed by atoms with Gasteiger partial charge in [0.05, 0.1) is 11.9 Å². The van der Waals surface area contributed by atoms with Crippen LogP contribution in [0.3, 0.4) is 0 Å². The lowest BCUT2D eigenvalue weighted by Crippen LogP contribution is -2.55. The van der Waals surface area contributed by atoms with E-state index in [1.165, 1.54) is 0 Å². The molecule has 0 bridgehead atoms. The molecule has 3 aromatic rings. The van der Waals surface area contributed by atoms with Gasteiger partial charge in [-0.2, -0.15) is 0 Å². The number of rotatable bonds is 11. The highest BCUT2D eigenvalue weighted by Crippen LogP contribution is 2.25.